The number of benzene rings is 2. The van der Waals surface area contributed by atoms with Gasteiger partial charge in [0, 0.05) is 11.5 Å². The molecule has 1 unspecified atom stereocenters. The number of nitrogens with two attached hydrogens (primary N) is 1. The van der Waals surface area contributed by atoms with Crippen LogP contribution in [0.5, 0.6) is 0 Å². The van der Waals surface area contributed by atoms with E-state index in [9.17, 15) is 4.79 Å². The van der Waals surface area contributed by atoms with E-state index in [1.165, 1.54) is 0 Å². The van der Waals surface area contributed by atoms with Crippen molar-refractivity contribution in [1.29, 1.82) is 0 Å². The summed E-state index contributed by atoms with van der Waals surface area (Å²) in [5.74, 6) is 0.357. The summed E-state index contributed by atoms with van der Waals surface area (Å²) >= 11 is 0. The molecule has 1 amide bonds. The van der Waals surface area contributed by atoms with Gasteiger partial charge in [-0.1, -0.05) is 69.3 Å². The molecule has 27 heavy (non-hydrogen) atoms. The van der Waals surface area contributed by atoms with Crippen molar-refractivity contribution in [3.8, 4) is 11.5 Å². The molecule has 6 nitrogen and oxygen atoms in total. The Morgan fingerprint density at radius 1 is 1.00 bits per heavy atom. The van der Waals surface area contributed by atoms with E-state index in [-0.39, 0.29) is 17.2 Å². The van der Waals surface area contributed by atoms with E-state index < -0.39 is 12.2 Å². The highest BCUT2D eigenvalue weighted by atomic mass is 16.6. The number of amides is 1. The first-order valence-corrected chi connectivity index (χ1v) is 8.76. The van der Waals surface area contributed by atoms with Gasteiger partial charge in [-0.05, 0) is 23.1 Å². The Kier molecular flexibility index (Phi) is 5.26. The molecule has 2 N–H and O–H groups in total. The van der Waals surface area contributed by atoms with Crippen molar-refractivity contribution in [2.75, 3.05) is 0 Å². The van der Waals surface area contributed by atoms with Crippen molar-refractivity contribution in [2.24, 2.45) is 11.1 Å². The quantitative estimate of drug-likeness (QED) is 0.707. The zero-order valence-electron chi connectivity index (χ0n) is 15.6. The van der Waals surface area contributed by atoms with Gasteiger partial charge in [0.25, 0.3) is 5.89 Å². The zero-order chi connectivity index (χ0) is 19.4. The van der Waals surface area contributed by atoms with E-state index >= 15 is 0 Å². The lowest BCUT2D eigenvalue weighted by Crippen LogP contribution is -2.30. The highest BCUT2D eigenvalue weighted by molar-refractivity contribution is 5.65. The first kappa shape index (κ1) is 18.6. The summed E-state index contributed by atoms with van der Waals surface area (Å²) in [7, 11) is 0. The summed E-state index contributed by atoms with van der Waals surface area (Å²) in [5.41, 5.74) is 6.88. The van der Waals surface area contributed by atoms with E-state index in [1.54, 1.807) is 0 Å². The third-order valence-electron chi connectivity index (χ3n) is 4.34. The molecule has 1 heterocycles. The maximum atomic E-state index is 11.6. The lowest BCUT2D eigenvalue weighted by Gasteiger charge is -2.35. The standard InChI is InChI=1S/C21H23N3O3/c1-21(2,3)16(14-10-6-4-7-11-14)17(26-20(22)25)19-24-23-18(27-19)15-12-8-5-9-13-15/h4-13,16-17H,1-3H3,(H2,22,25)/t16?,17-/m0/s1. The lowest BCUT2D eigenvalue weighted by atomic mass is 9.73. The molecule has 3 aromatic rings. The number of aromatic nitrogens is 2. The predicted octanol–water partition coefficient (Wildman–Crippen LogP) is 4.70. The molecule has 0 fully saturated rings. The van der Waals surface area contributed by atoms with Gasteiger partial charge in [-0.2, -0.15) is 0 Å². The molecular weight excluding hydrogens is 342 g/mol. The van der Waals surface area contributed by atoms with Gasteiger partial charge in [-0.3, -0.25) is 0 Å². The largest absolute Gasteiger partial charge is 0.436 e. The average Bonchev–Trinajstić information content (AvgIpc) is 3.11. The molecule has 2 aromatic carbocycles. The highest BCUT2D eigenvalue weighted by Gasteiger charge is 2.40. The van der Waals surface area contributed by atoms with Gasteiger partial charge in [-0.15, -0.1) is 10.2 Å². The van der Waals surface area contributed by atoms with Gasteiger partial charge in [0.15, 0.2) is 6.10 Å². The second kappa shape index (κ2) is 7.61. The normalized spacial score (nSPS) is 13.7. The Bertz CT molecular complexity index is 886. The number of carbonyl (C=O) groups excluding carboxylic acids is 1. The second-order valence-electron chi connectivity index (χ2n) is 7.42. The van der Waals surface area contributed by atoms with Crippen LogP contribution in [-0.4, -0.2) is 16.3 Å². The van der Waals surface area contributed by atoms with Crippen LogP contribution >= 0.6 is 0 Å². The van der Waals surface area contributed by atoms with E-state index in [4.69, 9.17) is 14.9 Å². The van der Waals surface area contributed by atoms with Crippen LogP contribution in [0.15, 0.2) is 65.1 Å². The van der Waals surface area contributed by atoms with E-state index in [0.717, 1.165) is 11.1 Å². The Morgan fingerprint density at radius 3 is 2.15 bits per heavy atom. The number of hydrogen-bond donors (Lipinski definition) is 1. The minimum absolute atomic E-state index is 0.219. The van der Waals surface area contributed by atoms with Crippen LogP contribution in [0.2, 0.25) is 0 Å². The van der Waals surface area contributed by atoms with Gasteiger partial charge >= 0.3 is 6.09 Å². The number of rotatable bonds is 5. The SMILES string of the molecule is CC(C)(C)C(c1ccccc1)[C@H](OC(N)=O)c1nnc(-c2ccccc2)o1. The molecule has 0 bridgehead atoms. The molecule has 0 aliphatic carbocycles. The lowest BCUT2D eigenvalue weighted by molar-refractivity contribution is 0.0410. The number of hydrogen-bond acceptors (Lipinski definition) is 5. The van der Waals surface area contributed by atoms with Crippen LogP contribution in [0.3, 0.4) is 0 Å². The zero-order valence-corrected chi connectivity index (χ0v) is 15.6. The first-order valence-electron chi connectivity index (χ1n) is 8.76. The maximum Gasteiger partial charge on any atom is 0.405 e. The third-order valence-corrected chi connectivity index (χ3v) is 4.34. The molecule has 0 saturated carbocycles. The topological polar surface area (TPSA) is 91.2 Å². The van der Waals surface area contributed by atoms with Crippen molar-refractivity contribution in [1.82, 2.24) is 10.2 Å². The van der Waals surface area contributed by atoms with Crippen molar-refractivity contribution >= 4 is 6.09 Å². The van der Waals surface area contributed by atoms with Gasteiger partial charge < -0.3 is 14.9 Å². The first-order chi connectivity index (χ1) is 12.9. The molecule has 0 aliphatic rings. The highest BCUT2D eigenvalue weighted by Crippen LogP contribution is 2.45. The van der Waals surface area contributed by atoms with Crippen LogP contribution < -0.4 is 5.73 Å². The van der Waals surface area contributed by atoms with E-state index in [0.29, 0.717) is 5.89 Å². The summed E-state index contributed by atoms with van der Waals surface area (Å²) in [6, 6.07) is 19.2. The van der Waals surface area contributed by atoms with Crippen LogP contribution in [0, 0.1) is 5.41 Å². The Labute approximate surface area is 158 Å². The molecular formula is C21H23N3O3. The van der Waals surface area contributed by atoms with Crippen molar-refractivity contribution < 1.29 is 13.9 Å². The Balaban J connectivity index is 2.05. The molecule has 6 heteroatoms. The smallest absolute Gasteiger partial charge is 0.405 e. The molecule has 3 rings (SSSR count). The van der Waals surface area contributed by atoms with Crippen LogP contribution in [0.1, 0.15) is 44.2 Å². The molecule has 2 atom stereocenters. The summed E-state index contributed by atoms with van der Waals surface area (Å²) in [6.45, 7) is 6.20. The van der Waals surface area contributed by atoms with Crippen molar-refractivity contribution in [3.63, 3.8) is 0 Å². The summed E-state index contributed by atoms with van der Waals surface area (Å²) in [4.78, 5) is 11.6. The van der Waals surface area contributed by atoms with Crippen LogP contribution in [0.25, 0.3) is 11.5 Å². The monoisotopic (exact) mass is 365 g/mol. The number of nitrogens with zero attached hydrogens (tertiary/aromatic N) is 2. The van der Waals surface area contributed by atoms with Gasteiger partial charge in [0.05, 0.1) is 0 Å². The fourth-order valence-corrected chi connectivity index (χ4v) is 3.22. The third kappa shape index (κ3) is 4.34. The molecule has 1 aromatic heterocycles. The minimum Gasteiger partial charge on any atom is -0.436 e. The maximum absolute atomic E-state index is 11.6. The molecule has 0 aliphatic heterocycles. The van der Waals surface area contributed by atoms with Crippen LogP contribution in [-0.2, 0) is 4.74 Å². The average molecular weight is 365 g/mol. The fraction of sp³-hybridized carbons (Fsp3) is 0.286. The Morgan fingerprint density at radius 2 is 1.59 bits per heavy atom. The molecule has 0 saturated heterocycles. The predicted molar refractivity (Wildman–Crippen MR) is 102 cm³/mol. The minimum atomic E-state index is -0.885. The summed E-state index contributed by atoms with van der Waals surface area (Å²) < 4.78 is 11.3. The van der Waals surface area contributed by atoms with Gasteiger partial charge in [0.2, 0.25) is 5.89 Å². The summed E-state index contributed by atoms with van der Waals surface area (Å²) in [6.07, 6.45) is -1.68. The van der Waals surface area contributed by atoms with Crippen LogP contribution in [0.4, 0.5) is 4.79 Å². The van der Waals surface area contributed by atoms with Crippen molar-refractivity contribution in [3.05, 3.63) is 72.1 Å². The number of carbonyl (C=O) groups is 1. The number of ether oxygens (including phenoxy) is 1. The Hall–Kier alpha value is -3.15. The fourth-order valence-electron chi connectivity index (χ4n) is 3.22. The molecule has 0 spiro atoms. The molecule has 140 valence electrons. The molecule has 0 radical (unpaired) electrons. The van der Waals surface area contributed by atoms with Gasteiger partial charge in [-0.25, -0.2) is 4.79 Å². The summed E-state index contributed by atoms with van der Waals surface area (Å²) in [5, 5.41) is 8.28. The van der Waals surface area contributed by atoms with Gasteiger partial charge in [0.1, 0.15) is 0 Å². The van der Waals surface area contributed by atoms with E-state index in [2.05, 4.69) is 31.0 Å². The second-order valence-corrected chi connectivity index (χ2v) is 7.42. The number of primary amides is 1. The van der Waals surface area contributed by atoms with Crippen molar-refractivity contribution in [2.45, 2.75) is 32.8 Å². The van der Waals surface area contributed by atoms with E-state index in [1.807, 2.05) is 60.7 Å².